The van der Waals surface area contributed by atoms with E-state index in [9.17, 15) is 4.79 Å². The minimum atomic E-state index is -0.0196. The molecule has 1 amide bonds. The van der Waals surface area contributed by atoms with E-state index in [0.717, 1.165) is 30.8 Å². The Hall–Kier alpha value is -2.44. The van der Waals surface area contributed by atoms with E-state index in [2.05, 4.69) is 39.2 Å². The van der Waals surface area contributed by atoms with Gasteiger partial charge < -0.3 is 14.7 Å². The van der Waals surface area contributed by atoms with Gasteiger partial charge in [-0.2, -0.15) is 4.98 Å². The van der Waals surface area contributed by atoms with E-state index in [4.69, 9.17) is 4.52 Å². The van der Waals surface area contributed by atoms with Crippen molar-refractivity contribution in [3.63, 3.8) is 0 Å². The van der Waals surface area contributed by atoms with E-state index in [-0.39, 0.29) is 11.8 Å². The Bertz CT molecular complexity index is 743. The van der Waals surface area contributed by atoms with Gasteiger partial charge in [0.05, 0.1) is 11.5 Å². The molecule has 0 radical (unpaired) electrons. The van der Waals surface area contributed by atoms with Gasteiger partial charge >= 0.3 is 0 Å². The number of carbonyl (C=O) groups excluding carboxylic acids is 1. The summed E-state index contributed by atoms with van der Waals surface area (Å²) in [5.41, 5.74) is 0.846. The standard InChI is InChI=1S/C19H27N5O2/c1-4-16-22-17(23-26-16)15-8-5-9-20-18(15)24-10-6-7-14(12-24)19(25)21-11-13(2)3/h5,8-9,13-14H,4,6-7,10-12H2,1-3H3,(H,21,25)/t14-/m1/s1. The Morgan fingerprint density at radius 3 is 3.04 bits per heavy atom. The Labute approximate surface area is 154 Å². The first-order valence-electron chi connectivity index (χ1n) is 9.39. The number of amides is 1. The minimum absolute atomic E-state index is 0.0196. The van der Waals surface area contributed by atoms with Crippen molar-refractivity contribution < 1.29 is 9.32 Å². The zero-order valence-electron chi connectivity index (χ0n) is 15.7. The van der Waals surface area contributed by atoms with Gasteiger partial charge in [0, 0.05) is 32.3 Å². The van der Waals surface area contributed by atoms with Gasteiger partial charge in [0.1, 0.15) is 5.82 Å². The molecule has 0 aliphatic carbocycles. The smallest absolute Gasteiger partial charge is 0.226 e. The van der Waals surface area contributed by atoms with Crippen molar-refractivity contribution in [1.82, 2.24) is 20.4 Å². The summed E-state index contributed by atoms with van der Waals surface area (Å²) >= 11 is 0. The summed E-state index contributed by atoms with van der Waals surface area (Å²) in [7, 11) is 0. The van der Waals surface area contributed by atoms with Gasteiger partial charge in [-0.1, -0.05) is 25.9 Å². The summed E-state index contributed by atoms with van der Waals surface area (Å²) in [6.07, 6.45) is 4.33. The van der Waals surface area contributed by atoms with Crippen LogP contribution in [0.1, 0.15) is 39.5 Å². The molecule has 1 N–H and O–H groups in total. The molecule has 0 bridgehead atoms. The Kier molecular flexibility index (Phi) is 5.85. The van der Waals surface area contributed by atoms with E-state index in [1.54, 1.807) is 6.20 Å². The molecular formula is C19H27N5O2. The molecule has 140 valence electrons. The highest BCUT2D eigenvalue weighted by atomic mass is 16.5. The third kappa shape index (κ3) is 4.20. The van der Waals surface area contributed by atoms with Gasteiger partial charge in [0.2, 0.25) is 17.6 Å². The van der Waals surface area contributed by atoms with E-state index in [1.165, 1.54) is 0 Å². The van der Waals surface area contributed by atoms with E-state index >= 15 is 0 Å². The van der Waals surface area contributed by atoms with Gasteiger partial charge in [-0.3, -0.25) is 4.79 Å². The highest BCUT2D eigenvalue weighted by Gasteiger charge is 2.28. The zero-order valence-corrected chi connectivity index (χ0v) is 15.7. The highest BCUT2D eigenvalue weighted by molar-refractivity contribution is 5.80. The van der Waals surface area contributed by atoms with Crippen molar-refractivity contribution in [3.05, 3.63) is 24.2 Å². The topological polar surface area (TPSA) is 84.2 Å². The van der Waals surface area contributed by atoms with Gasteiger partial charge in [0.25, 0.3) is 0 Å². The van der Waals surface area contributed by atoms with Crippen LogP contribution in [0.15, 0.2) is 22.9 Å². The average Bonchev–Trinajstić information content (AvgIpc) is 3.15. The lowest BCUT2D eigenvalue weighted by Crippen LogP contribution is -2.44. The molecule has 1 atom stereocenters. The van der Waals surface area contributed by atoms with Gasteiger partial charge in [0.15, 0.2) is 0 Å². The Morgan fingerprint density at radius 1 is 1.46 bits per heavy atom. The number of aryl methyl sites for hydroxylation is 1. The van der Waals surface area contributed by atoms with Crippen molar-refractivity contribution in [2.75, 3.05) is 24.5 Å². The number of nitrogens with zero attached hydrogens (tertiary/aromatic N) is 4. The fourth-order valence-corrected chi connectivity index (χ4v) is 3.16. The maximum Gasteiger partial charge on any atom is 0.226 e. The second kappa shape index (κ2) is 8.29. The van der Waals surface area contributed by atoms with Crippen molar-refractivity contribution in [2.45, 2.75) is 40.0 Å². The van der Waals surface area contributed by atoms with Gasteiger partial charge in [-0.15, -0.1) is 0 Å². The molecule has 2 aromatic rings. The largest absolute Gasteiger partial charge is 0.356 e. The van der Waals surface area contributed by atoms with Crippen molar-refractivity contribution >= 4 is 11.7 Å². The second-order valence-electron chi connectivity index (χ2n) is 7.16. The van der Waals surface area contributed by atoms with Gasteiger partial charge in [-0.05, 0) is 30.9 Å². The number of rotatable bonds is 6. The molecule has 26 heavy (non-hydrogen) atoms. The van der Waals surface area contributed by atoms with Gasteiger partial charge in [-0.25, -0.2) is 4.98 Å². The van der Waals surface area contributed by atoms with Crippen LogP contribution in [-0.2, 0) is 11.2 Å². The SMILES string of the molecule is CCc1nc(-c2cccnc2N2CCC[C@@H](C(=O)NCC(C)C)C2)no1. The molecule has 1 fully saturated rings. The molecule has 3 heterocycles. The van der Waals surface area contributed by atoms with Crippen LogP contribution in [0, 0.1) is 11.8 Å². The maximum absolute atomic E-state index is 12.5. The Balaban J connectivity index is 1.77. The number of pyridine rings is 1. The predicted molar refractivity (Wildman–Crippen MR) is 99.7 cm³/mol. The number of piperidine rings is 1. The zero-order chi connectivity index (χ0) is 18.5. The van der Waals surface area contributed by atoms with Crippen molar-refractivity contribution in [1.29, 1.82) is 0 Å². The van der Waals surface area contributed by atoms with Crippen LogP contribution in [0.4, 0.5) is 5.82 Å². The van der Waals surface area contributed by atoms with E-state index in [1.807, 2.05) is 19.1 Å². The van der Waals surface area contributed by atoms with Crippen LogP contribution in [0.3, 0.4) is 0 Å². The first-order valence-corrected chi connectivity index (χ1v) is 9.39. The summed E-state index contributed by atoms with van der Waals surface area (Å²) in [5, 5.41) is 7.14. The number of anilines is 1. The fraction of sp³-hybridized carbons (Fsp3) is 0.579. The quantitative estimate of drug-likeness (QED) is 0.856. The first kappa shape index (κ1) is 18.4. The molecular weight excluding hydrogens is 330 g/mol. The van der Waals surface area contributed by atoms with Crippen LogP contribution in [0.2, 0.25) is 0 Å². The maximum atomic E-state index is 12.5. The summed E-state index contributed by atoms with van der Waals surface area (Å²) in [6.45, 7) is 8.42. The molecule has 0 saturated carbocycles. The molecule has 1 aliphatic rings. The molecule has 0 unspecified atom stereocenters. The second-order valence-corrected chi connectivity index (χ2v) is 7.16. The van der Waals surface area contributed by atoms with Crippen LogP contribution in [0.25, 0.3) is 11.4 Å². The molecule has 1 saturated heterocycles. The van der Waals surface area contributed by atoms with Crippen LogP contribution in [-0.4, -0.2) is 40.7 Å². The summed E-state index contributed by atoms with van der Waals surface area (Å²) in [5.74, 6) is 2.54. The monoisotopic (exact) mass is 357 g/mol. The number of aromatic nitrogens is 3. The van der Waals surface area contributed by atoms with E-state index < -0.39 is 0 Å². The van der Waals surface area contributed by atoms with Crippen LogP contribution >= 0.6 is 0 Å². The first-order chi connectivity index (χ1) is 12.6. The summed E-state index contributed by atoms with van der Waals surface area (Å²) < 4.78 is 5.25. The van der Waals surface area contributed by atoms with Crippen LogP contribution < -0.4 is 10.2 Å². The summed E-state index contributed by atoms with van der Waals surface area (Å²) in [4.78, 5) is 23.6. The molecule has 0 spiro atoms. The molecule has 7 nitrogen and oxygen atoms in total. The fourth-order valence-electron chi connectivity index (χ4n) is 3.16. The lowest BCUT2D eigenvalue weighted by Gasteiger charge is -2.33. The number of nitrogens with one attached hydrogen (secondary N) is 1. The molecule has 2 aromatic heterocycles. The Morgan fingerprint density at radius 2 is 2.31 bits per heavy atom. The van der Waals surface area contributed by atoms with E-state index in [0.29, 0.717) is 37.1 Å². The molecule has 1 aliphatic heterocycles. The number of hydrogen-bond donors (Lipinski definition) is 1. The molecule has 7 heteroatoms. The average molecular weight is 357 g/mol. The van der Waals surface area contributed by atoms with Crippen LogP contribution in [0.5, 0.6) is 0 Å². The van der Waals surface area contributed by atoms with Crippen molar-refractivity contribution in [3.8, 4) is 11.4 Å². The third-order valence-electron chi connectivity index (χ3n) is 4.57. The lowest BCUT2D eigenvalue weighted by molar-refractivity contribution is -0.125. The van der Waals surface area contributed by atoms with Crippen molar-refractivity contribution in [2.24, 2.45) is 11.8 Å². The minimum Gasteiger partial charge on any atom is -0.356 e. The number of hydrogen-bond acceptors (Lipinski definition) is 6. The lowest BCUT2D eigenvalue weighted by atomic mass is 9.96. The molecule has 0 aromatic carbocycles. The predicted octanol–water partition coefficient (Wildman–Crippen LogP) is 2.68. The normalized spacial score (nSPS) is 17.5. The third-order valence-corrected chi connectivity index (χ3v) is 4.57. The summed E-state index contributed by atoms with van der Waals surface area (Å²) in [6, 6.07) is 3.83. The highest BCUT2D eigenvalue weighted by Crippen LogP contribution is 2.30. The number of carbonyl (C=O) groups is 1. The molecule has 3 rings (SSSR count).